The summed E-state index contributed by atoms with van der Waals surface area (Å²) in [5.41, 5.74) is 0. The summed E-state index contributed by atoms with van der Waals surface area (Å²) < 4.78 is 0. The third-order valence-corrected chi connectivity index (χ3v) is 2.85. The van der Waals surface area contributed by atoms with Gasteiger partial charge >= 0.3 is 0 Å². The third kappa shape index (κ3) is 0.634. The molecule has 2 aliphatic rings. The molecule has 0 aromatic rings. The Morgan fingerprint density at radius 3 is 2.78 bits per heavy atom. The van der Waals surface area contributed by atoms with Gasteiger partial charge in [-0.1, -0.05) is 0 Å². The predicted octanol–water partition coefficient (Wildman–Crippen LogP) is 0.0713. The summed E-state index contributed by atoms with van der Waals surface area (Å²) in [5.74, 6) is 0.620. The van der Waals surface area contributed by atoms with E-state index < -0.39 is 0 Å². The summed E-state index contributed by atoms with van der Waals surface area (Å²) in [6.45, 7) is 1.19. The molecule has 3 atom stereocenters. The van der Waals surface area contributed by atoms with Gasteiger partial charge in [0.05, 0.1) is 6.10 Å². The lowest BCUT2D eigenvalue weighted by Crippen LogP contribution is -2.47. The van der Waals surface area contributed by atoms with E-state index in [0.29, 0.717) is 5.92 Å². The maximum atomic E-state index is 9.21. The van der Waals surface area contributed by atoms with E-state index in [9.17, 15) is 5.11 Å². The molecule has 2 fully saturated rings. The molecule has 9 heavy (non-hydrogen) atoms. The quantitative estimate of drug-likeness (QED) is 0.498. The average molecular weight is 127 g/mol. The van der Waals surface area contributed by atoms with Crippen molar-refractivity contribution in [2.75, 3.05) is 13.6 Å². The lowest BCUT2D eigenvalue weighted by Gasteiger charge is -2.39. The van der Waals surface area contributed by atoms with E-state index in [-0.39, 0.29) is 6.10 Å². The molecule has 1 N–H and O–H groups in total. The lowest BCUT2D eigenvalue weighted by atomic mass is 9.77. The number of rotatable bonds is 0. The van der Waals surface area contributed by atoms with Crippen LogP contribution in [0.4, 0.5) is 0 Å². The minimum absolute atomic E-state index is 0.0277. The number of hydrogen-bond acceptors (Lipinski definition) is 2. The lowest BCUT2D eigenvalue weighted by molar-refractivity contribution is -0.0150. The van der Waals surface area contributed by atoms with Gasteiger partial charge < -0.3 is 10.0 Å². The molecular formula is C7H13NO. The Hall–Kier alpha value is -0.0800. The molecule has 0 spiro atoms. The van der Waals surface area contributed by atoms with Crippen LogP contribution in [0.5, 0.6) is 0 Å². The van der Waals surface area contributed by atoms with Crippen LogP contribution in [0, 0.1) is 5.92 Å². The van der Waals surface area contributed by atoms with Gasteiger partial charge in [-0.3, -0.25) is 0 Å². The molecule has 2 nitrogen and oxygen atoms in total. The van der Waals surface area contributed by atoms with Crippen LogP contribution in [0.1, 0.15) is 12.8 Å². The molecule has 1 aliphatic heterocycles. The van der Waals surface area contributed by atoms with Crippen molar-refractivity contribution in [1.82, 2.24) is 4.90 Å². The van der Waals surface area contributed by atoms with Gasteiger partial charge in [0.1, 0.15) is 0 Å². The van der Waals surface area contributed by atoms with Crippen LogP contribution in [-0.2, 0) is 0 Å². The molecule has 0 radical (unpaired) electrons. The van der Waals surface area contributed by atoms with Gasteiger partial charge in [0.2, 0.25) is 0 Å². The second-order valence-electron chi connectivity index (χ2n) is 3.30. The van der Waals surface area contributed by atoms with E-state index in [1.54, 1.807) is 0 Å². The van der Waals surface area contributed by atoms with Gasteiger partial charge in [-0.05, 0) is 26.4 Å². The summed E-state index contributed by atoms with van der Waals surface area (Å²) in [7, 11) is 2.15. The van der Waals surface area contributed by atoms with Crippen molar-refractivity contribution in [2.24, 2.45) is 5.92 Å². The van der Waals surface area contributed by atoms with E-state index in [1.807, 2.05) is 0 Å². The molecular weight excluding hydrogens is 114 g/mol. The zero-order valence-electron chi connectivity index (χ0n) is 5.75. The van der Waals surface area contributed by atoms with E-state index in [4.69, 9.17) is 0 Å². The fourth-order valence-electron chi connectivity index (χ4n) is 2.07. The first-order valence-electron chi connectivity index (χ1n) is 3.67. The second-order valence-corrected chi connectivity index (χ2v) is 3.30. The number of likely N-dealkylation sites (tertiary alicyclic amines) is 1. The van der Waals surface area contributed by atoms with Crippen LogP contribution in [0.3, 0.4) is 0 Å². The molecule has 1 aliphatic carbocycles. The van der Waals surface area contributed by atoms with Gasteiger partial charge in [-0.2, -0.15) is 0 Å². The van der Waals surface area contributed by atoms with Gasteiger partial charge in [0.25, 0.3) is 0 Å². The first-order valence-corrected chi connectivity index (χ1v) is 3.67. The molecule has 0 bridgehead atoms. The number of fused-ring (bicyclic) bond motifs is 1. The summed E-state index contributed by atoms with van der Waals surface area (Å²) in [6.07, 6.45) is 2.25. The number of aliphatic hydroxyl groups excluding tert-OH is 1. The number of hydrogen-bond donors (Lipinski definition) is 1. The fraction of sp³-hybridized carbons (Fsp3) is 1.00. The normalized spacial score (nSPS) is 50.7. The van der Waals surface area contributed by atoms with E-state index in [2.05, 4.69) is 11.9 Å². The Bertz CT molecular complexity index is 124. The van der Waals surface area contributed by atoms with Crippen LogP contribution in [0.2, 0.25) is 0 Å². The fourth-order valence-corrected chi connectivity index (χ4v) is 2.07. The SMILES string of the molecule is CN1CC[C@@H]2[C@H]1C[C@@H]2O. The molecule has 2 heteroatoms. The molecule has 1 heterocycles. The zero-order chi connectivity index (χ0) is 6.43. The van der Waals surface area contributed by atoms with Crippen LogP contribution in [0.15, 0.2) is 0 Å². The van der Waals surface area contributed by atoms with Crippen LogP contribution < -0.4 is 0 Å². The Morgan fingerprint density at radius 1 is 1.56 bits per heavy atom. The zero-order valence-corrected chi connectivity index (χ0v) is 5.75. The van der Waals surface area contributed by atoms with Gasteiger partial charge in [-0.25, -0.2) is 0 Å². The van der Waals surface area contributed by atoms with Crippen LogP contribution in [0.25, 0.3) is 0 Å². The molecule has 1 saturated heterocycles. The Balaban J connectivity index is 2.03. The Labute approximate surface area is 55.5 Å². The molecule has 2 rings (SSSR count). The standard InChI is InChI=1S/C7H13NO/c1-8-3-2-5-6(8)4-7(5)9/h5-7,9H,2-4H2,1H3/t5-,6-,7+/m1/s1. The van der Waals surface area contributed by atoms with E-state index in [0.717, 1.165) is 12.5 Å². The first-order chi connectivity index (χ1) is 4.29. The summed E-state index contributed by atoms with van der Waals surface area (Å²) >= 11 is 0. The maximum Gasteiger partial charge on any atom is 0.0598 e. The highest BCUT2D eigenvalue weighted by atomic mass is 16.3. The highest BCUT2D eigenvalue weighted by molar-refractivity contribution is 4.99. The van der Waals surface area contributed by atoms with Crippen molar-refractivity contribution in [3.63, 3.8) is 0 Å². The molecule has 52 valence electrons. The first kappa shape index (κ1) is 5.69. The van der Waals surface area contributed by atoms with Crippen molar-refractivity contribution in [3.05, 3.63) is 0 Å². The maximum absolute atomic E-state index is 9.21. The van der Waals surface area contributed by atoms with Gasteiger partial charge in [0.15, 0.2) is 0 Å². The van der Waals surface area contributed by atoms with Gasteiger partial charge in [-0.15, -0.1) is 0 Å². The minimum atomic E-state index is 0.0277. The predicted molar refractivity (Wildman–Crippen MR) is 35.1 cm³/mol. The van der Waals surface area contributed by atoms with Crippen LogP contribution >= 0.6 is 0 Å². The van der Waals surface area contributed by atoms with Crippen molar-refractivity contribution in [3.8, 4) is 0 Å². The van der Waals surface area contributed by atoms with E-state index in [1.165, 1.54) is 13.0 Å². The smallest absolute Gasteiger partial charge is 0.0598 e. The van der Waals surface area contributed by atoms with Crippen molar-refractivity contribution in [2.45, 2.75) is 25.0 Å². The van der Waals surface area contributed by atoms with E-state index >= 15 is 0 Å². The highest BCUT2D eigenvalue weighted by Gasteiger charge is 2.45. The topological polar surface area (TPSA) is 23.5 Å². The molecule has 0 unspecified atom stereocenters. The van der Waals surface area contributed by atoms with Crippen molar-refractivity contribution >= 4 is 0 Å². The monoisotopic (exact) mass is 127 g/mol. The largest absolute Gasteiger partial charge is 0.393 e. The number of aliphatic hydroxyl groups is 1. The molecule has 0 aromatic heterocycles. The van der Waals surface area contributed by atoms with Crippen molar-refractivity contribution in [1.29, 1.82) is 0 Å². The summed E-state index contributed by atoms with van der Waals surface area (Å²) in [4.78, 5) is 2.36. The average Bonchev–Trinajstić information content (AvgIpc) is 2.07. The second kappa shape index (κ2) is 1.70. The Morgan fingerprint density at radius 2 is 2.33 bits per heavy atom. The van der Waals surface area contributed by atoms with Crippen molar-refractivity contribution < 1.29 is 5.11 Å². The molecule has 0 aromatic carbocycles. The molecule has 1 saturated carbocycles. The summed E-state index contributed by atoms with van der Waals surface area (Å²) in [6, 6.07) is 0.722. The molecule has 0 amide bonds. The Kier molecular flexibility index (Phi) is 1.08. The highest BCUT2D eigenvalue weighted by Crippen LogP contribution is 2.39. The van der Waals surface area contributed by atoms with Gasteiger partial charge in [0, 0.05) is 12.0 Å². The third-order valence-electron chi connectivity index (χ3n) is 2.85. The summed E-state index contributed by atoms with van der Waals surface area (Å²) in [5, 5.41) is 9.21. The van der Waals surface area contributed by atoms with Crippen LogP contribution in [-0.4, -0.2) is 35.7 Å². The number of nitrogens with zero attached hydrogens (tertiary/aromatic N) is 1. The minimum Gasteiger partial charge on any atom is -0.393 e.